The minimum absolute atomic E-state index is 0.0702. The van der Waals surface area contributed by atoms with Gasteiger partial charge in [0.1, 0.15) is 12.3 Å². The van der Waals surface area contributed by atoms with Gasteiger partial charge >= 0.3 is 0 Å². The van der Waals surface area contributed by atoms with Gasteiger partial charge in [0.25, 0.3) is 11.8 Å². The van der Waals surface area contributed by atoms with E-state index in [2.05, 4.69) is 10.6 Å². The van der Waals surface area contributed by atoms with E-state index in [1.165, 1.54) is 0 Å². The van der Waals surface area contributed by atoms with E-state index >= 15 is 0 Å². The molecule has 0 aliphatic carbocycles. The van der Waals surface area contributed by atoms with Gasteiger partial charge in [0, 0.05) is 5.69 Å². The maximum atomic E-state index is 12.3. The van der Waals surface area contributed by atoms with E-state index in [-0.39, 0.29) is 5.11 Å². The second kappa shape index (κ2) is 7.96. The number of hydrogen-bond donors (Lipinski definition) is 2. The normalized spacial score (nSPS) is 12.6. The van der Waals surface area contributed by atoms with Gasteiger partial charge in [-0.1, -0.05) is 12.1 Å². The second-order valence-electron chi connectivity index (χ2n) is 5.70. The van der Waals surface area contributed by atoms with Crippen molar-refractivity contribution in [1.82, 2.24) is 10.2 Å². The molecule has 3 rings (SSSR count). The Hall–Kier alpha value is -3.26. The maximum Gasteiger partial charge on any atom is 0.262 e. The van der Waals surface area contributed by atoms with E-state index in [1.807, 2.05) is 6.92 Å². The van der Waals surface area contributed by atoms with E-state index in [4.69, 9.17) is 17.0 Å². The number of fused-ring (bicyclic) bond motifs is 1. The van der Waals surface area contributed by atoms with Crippen molar-refractivity contribution >= 4 is 40.7 Å². The van der Waals surface area contributed by atoms with Gasteiger partial charge in [0.15, 0.2) is 5.11 Å². The number of ether oxygens (including phenoxy) is 1. The van der Waals surface area contributed by atoms with Crippen molar-refractivity contribution in [3.8, 4) is 5.75 Å². The predicted octanol–water partition coefficient (Wildman–Crippen LogP) is 2.19. The molecule has 0 unspecified atom stereocenters. The number of amides is 3. The van der Waals surface area contributed by atoms with Crippen LogP contribution >= 0.6 is 12.2 Å². The molecule has 2 aromatic carbocycles. The molecular weight excluding hydrogens is 366 g/mol. The summed E-state index contributed by atoms with van der Waals surface area (Å²) < 4.78 is 5.35. The van der Waals surface area contributed by atoms with Gasteiger partial charge in [0.2, 0.25) is 5.91 Å². The monoisotopic (exact) mass is 383 g/mol. The minimum atomic E-state index is -0.562. The third-order valence-corrected chi connectivity index (χ3v) is 4.06. The molecule has 3 amide bonds. The Balaban J connectivity index is 1.56. The fourth-order valence-electron chi connectivity index (χ4n) is 2.66. The molecule has 0 saturated carbocycles. The van der Waals surface area contributed by atoms with Gasteiger partial charge in [-0.3, -0.25) is 19.3 Å². The third kappa shape index (κ3) is 4.12. The van der Waals surface area contributed by atoms with Crippen LogP contribution in [0.4, 0.5) is 5.69 Å². The van der Waals surface area contributed by atoms with Crippen molar-refractivity contribution in [2.24, 2.45) is 0 Å². The first-order valence-electron chi connectivity index (χ1n) is 8.28. The molecule has 0 aromatic heterocycles. The lowest BCUT2D eigenvalue weighted by Gasteiger charge is -2.15. The first-order chi connectivity index (χ1) is 13.0. The Labute approximate surface area is 161 Å². The van der Waals surface area contributed by atoms with Gasteiger partial charge in [-0.2, -0.15) is 0 Å². The van der Waals surface area contributed by atoms with Crippen LogP contribution in [0.25, 0.3) is 0 Å². The van der Waals surface area contributed by atoms with E-state index in [9.17, 15) is 14.4 Å². The number of rotatable bonds is 5. The van der Waals surface area contributed by atoms with Gasteiger partial charge < -0.3 is 15.4 Å². The van der Waals surface area contributed by atoms with Crippen LogP contribution in [0.1, 0.15) is 27.6 Å². The highest BCUT2D eigenvalue weighted by Gasteiger charge is 2.36. The average molecular weight is 383 g/mol. The summed E-state index contributed by atoms with van der Waals surface area (Å²) in [6.45, 7) is 2.06. The lowest BCUT2D eigenvalue weighted by atomic mass is 10.1. The van der Waals surface area contributed by atoms with Crippen LogP contribution < -0.4 is 15.4 Å². The second-order valence-corrected chi connectivity index (χ2v) is 6.11. The van der Waals surface area contributed by atoms with Crippen LogP contribution in [0, 0.1) is 0 Å². The summed E-state index contributed by atoms with van der Waals surface area (Å²) in [6.07, 6.45) is 0. The zero-order valence-corrected chi connectivity index (χ0v) is 15.3. The number of hydrogen-bond acceptors (Lipinski definition) is 5. The van der Waals surface area contributed by atoms with E-state index in [0.717, 1.165) is 10.6 Å². The van der Waals surface area contributed by atoms with Crippen LogP contribution in [-0.4, -0.2) is 40.9 Å². The number of carbonyl (C=O) groups is 3. The van der Waals surface area contributed by atoms with Gasteiger partial charge in [-0.05, 0) is 55.5 Å². The van der Waals surface area contributed by atoms with Crippen LogP contribution in [0.3, 0.4) is 0 Å². The molecule has 0 fully saturated rings. The Bertz CT molecular complexity index is 876. The highest BCUT2D eigenvalue weighted by Crippen LogP contribution is 2.22. The van der Waals surface area contributed by atoms with E-state index in [0.29, 0.717) is 23.4 Å². The maximum absolute atomic E-state index is 12.3. The lowest BCUT2D eigenvalue weighted by molar-refractivity contribution is -0.120. The highest BCUT2D eigenvalue weighted by atomic mass is 32.1. The summed E-state index contributed by atoms with van der Waals surface area (Å²) in [7, 11) is 0. The summed E-state index contributed by atoms with van der Waals surface area (Å²) in [5, 5.41) is 5.40. The number of nitrogens with zero attached hydrogens (tertiary/aromatic N) is 1. The molecule has 0 atom stereocenters. The van der Waals surface area contributed by atoms with Gasteiger partial charge in [-0.25, -0.2) is 0 Å². The molecule has 2 aromatic rings. The molecule has 1 aliphatic rings. The van der Waals surface area contributed by atoms with Crippen molar-refractivity contribution in [1.29, 1.82) is 0 Å². The molecule has 0 bridgehead atoms. The molecule has 0 spiro atoms. The molecule has 1 aliphatic heterocycles. The Morgan fingerprint density at radius 3 is 2.19 bits per heavy atom. The quantitative estimate of drug-likeness (QED) is 0.608. The SMILES string of the molecule is CCOc1ccc(NC(=S)NC(=O)CN2C(=O)c3ccccc3C2=O)cc1. The predicted molar refractivity (Wildman–Crippen MR) is 104 cm³/mol. The summed E-state index contributed by atoms with van der Waals surface area (Å²) in [5.41, 5.74) is 1.26. The molecule has 8 heteroatoms. The van der Waals surface area contributed by atoms with E-state index in [1.54, 1.807) is 48.5 Å². The van der Waals surface area contributed by atoms with Crippen LogP contribution in [0.15, 0.2) is 48.5 Å². The zero-order valence-electron chi connectivity index (χ0n) is 14.5. The summed E-state index contributed by atoms with van der Waals surface area (Å²) in [6, 6.07) is 13.5. The first-order valence-corrected chi connectivity index (χ1v) is 8.69. The topological polar surface area (TPSA) is 87.7 Å². The van der Waals surface area contributed by atoms with Crippen LogP contribution in [-0.2, 0) is 4.79 Å². The first kappa shape index (κ1) is 18.5. The number of anilines is 1. The molecular formula is C19H17N3O4S. The smallest absolute Gasteiger partial charge is 0.262 e. The van der Waals surface area contributed by atoms with Crippen molar-refractivity contribution in [3.05, 3.63) is 59.7 Å². The van der Waals surface area contributed by atoms with Crippen molar-refractivity contribution in [2.45, 2.75) is 6.92 Å². The molecule has 1 heterocycles. The summed E-state index contributed by atoms with van der Waals surface area (Å²) >= 11 is 5.10. The van der Waals surface area contributed by atoms with Crippen LogP contribution in [0.2, 0.25) is 0 Å². The molecule has 2 N–H and O–H groups in total. The fraction of sp³-hybridized carbons (Fsp3) is 0.158. The molecule has 7 nitrogen and oxygen atoms in total. The largest absolute Gasteiger partial charge is 0.494 e. The van der Waals surface area contributed by atoms with Crippen molar-refractivity contribution in [2.75, 3.05) is 18.5 Å². The zero-order chi connectivity index (χ0) is 19.4. The van der Waals surface area contributed by atoms with Crippen molar-refractivity contribution < 1.29 is 19.1 Å². The fourth-order valence-corrected chi connectivity index (χ4v) is 2.89. The Morgan fingerprint density at radius 2 is 1.63 bits per heavy atom. The molecule has 0 radical (unpaired) electrons. The molecule has 0 saturated heterocycles. The standard InChI is InChI=1S/C19H17N3O4S/c1-2-26-13-9-7-12(8-10-13)20-19(27)21-16(23)11-22-17(24)14-5-3-4-6-15(14)18(22)25/h3-10H,2,11H2,1H3,(H2,20,21,23,27). The molecule has 27 heavy (non-hydrogen) atoms. The number of carbonyl (C=O) groups excluding carboxylic acids is 3. The van der Waals surface area contributed by atoms with E-state index < -0.39 is 24.3 Å². The summed E-state index contributed by atoms with van der Waals surface area (Å²) in [5.74, 6) is -0.816. The van der Waals surface area contributed by atoms with Crippen molar-refractivity contribution in [3.63, 3.8) is 0 Å². The highest BCUT2D eigenvalue weighted by molar-refractivity contribution is 7.80. The number of thiocarbonyl (C=S) groups is 1. The summed E-state index contributed by atoms with van der Waals surface area (Å²) in [4.78, 5) is 37.6. The Kier molecular flexibility index (Phi) is 5.46. The minimum Gasteiger partial charge on any atom is -0.494 e. The number of imide groups is 1. The molecule has 138 valence electrons. The average Bonchev–Trinajstić information content (AvgIpc) is 2.89. The van der Waals surface area contributed by atoms with Gasteiger partial charge in [-0.15, -0.1) is 0 Å². The lowest BCUT2D eigenvalue weighted by Crippen LogP contribution is -2.43. The Morgan fingerprint density at radius 1 is 1.04 bits per heavy atom. The van der Waals surface area contributed by atoms with Crippen LogP contribution in [0.5, 0.6) is 5.75 Å². The number of benzene rings is 2. The number of nitrogens with one attached hydrogen (secondary N) is 2. The van der Waals surface area contributed by atoms with Gasteiger partial charge in [0.05, 0.1) is 17.7 Å². The third-order valence-electron chi connectivity index (χ3n) is 3.86.